The molecule has 0 fully saturated rings. The number of hydrogen-bond acceptors (Lipinski definition) is 2. The van der Waals surface area contributed by atoms with Gasteiger partial charge in [0.2, 0.25) is 0 Å². The summed E-state index contributed by atoms with van der Waals surface area (Å²) in [5.74, 6) is 1.60. The van der Waals surface area contributed by atoms with E-state index in [2.05, 4.69) is 55.6 Å². The zero-order valence-corrected chi connectivity index (χ0v) is 11.8. The quantitative estimate of drug-likeness (QED) is 0.900. The Balaban J connectivity index is 2.35. The molecule has 1 aromatic carbocycles. The number of nitrogens with zero attached hydrogens (tertiary/aromatic N) is 2. The van der Waals surface area contributed by atoms with Crippen molar-refractivity contribution in [2.24, 2.45) is 12.8 Å². The van der Waals surface area contributed by atoms with Crippen LogP contribution in [-0.2, 0) is 13.5 Å². The zero-order chi connectivity index (χ0) is 13.3. The highest BCUT2D eigenvalue weighted by molar-refractivity contribution is 5.77. The number of aromatic nitrogens is 2. The molecule has 3 heteroatoms. The van der Waals surface area contributed by atoms with Gasteiger partial charge in [-0.05, 0) is 37.5 Å². The first-order valence-electron chi connectivity index (χ1n) is 6.70. The monoisotopic (exact) mass is 245 g/mol. The molecule has 18 heavy (non-hydrogen) atoms. The third kappa shape index (κ3) is 2.56. The average Bonchev–Trinajstić information content (AvgIpc) is 2.64. The van der Waals surface area contributed by atoms with Gasteiger partial charge in [0.1, 0.15) is 5.82 Å². The molecule has 0 amide bonds. The first-order valence-corrected chi connectivity index (χ1v) is 6.70. The maximum Gasteiger partial charge on any atom is 0.112 e. The van der Waals surface area contributed by atoms with Crippen molar-refractivity contribution < 1.29 is 0 Å². The summed E-state index contributed by atoms with van der Waals surface area (Å²) >= 11 is 0. The van der Waals surface area contributed by atoms with Gasteiger partial charge in [0.05, 0.1) is 11.0 Å². The molecule has 3 nitrogen and oxygen atoms in total. The highest BCUT2D eigenvalue weighted by Crippen LogP contribution is 2.22. The van der Waals surface area contributed by atoms with E-state index in [1.165, 1.54) is 11.1 Å². The molecule has 1 aromatic heterocycles. The molecule has 0 aliphatic carbocycles. The molecular weight excluding hydrogens is 222 g/mol. The molecule has 0 radical (unpaired) electrons. The van der Waals surface area contributed by atoms with Crippen molar-refractivity contribution in [3.8, 4) is 0 Å². The Morgan fingerprint density at radius 1 is 1.28 bits per heavy atom. The SMILES string of the molecule is CC(N)CCc1ccc2nc(C(C)C)n(C)c2c1. The predicted molar refractivity (Wildman–Crippen MR) is 76.8 cm³/mol. The van der Waals surface area contributed by atoms with Crippen molar-refractivity contribution in [2.75, 3.05) is 0 Å². The fourth-order valence-corrected chi connectivity index (χ4v) is 2.32. The third-order valence-electron chi connectivity index (χ3n) is 3.38. The number of aryl methyl sites for hydroxylation is 2. The summed E-state index contributed by atoms with van der Waals surface area (Å²) in [7, 11) is 2.10. The van der Waals surface area contributed by atoms with E-state index in [4.69, 9.17) is 5.73 Å². The molecule has 0 aliphatic heterocycles. The van der Waals surface area contributed by atoms with E-state index < -0.39 is 0 Å². The molecule has 2 aromatic rings. The van der Waals surface area contributed by atoms with Gasteiger partial charge in [-0.3, -0.25) is 0 Å². The Labute approximate surface area is 109 Å². The van der Waals surface area contributed by atoms with Crippen LogP contribution in [0.3, 0.4) is 0 Å². The highest BCUT2D eigenvalue weighted by Gasteiger charge is 2.11. The van der Waals surface area contributed by atoms with Crippen molar-refractivity contribution in [3.05, 3.63) is 29.6 Å². The maximum absolute atomic E-state index is 5.81. The van der Waals surface area contributed by atoms with Crippen molar-refractivity contribution in [1.82, 2.24) is 9.55 Å². The molecule has 0 bridgehead atoms. The van der Waals surface area contributed by atoms with Crippen molar-refractivity contribution in [1.29, 1.82) is 0 Å². The molecular formula is C15H23N3. The van der Waals surface area contributed by atoms with Crippen LogP contribution in [0.4, 0.5) is 0 Å². The normalized spacial score (nSPS) is 13.4. The molecule has 0 saturated carbocycles. The second-order valence-corrected chi connectivity index (χ2v) is 5.52. The van der Waals surface area contributed by atoms with E-state index in [0.29, 0.717) is 5.92 Å². The molecule has 0 aliphatic rings. The lowest BCUT2D eigenvalue weighted by Gasteiger charge is -2.06. The third-order valence-corrected chi connectivity index (χ3v) is 3.38. The van der Waals surface area contributed by atoms with Crippen LogP contribution in [0.15, 0.2) is 18.2 Å². The molecule has 98 valence electrons. The van der Waals surface area contributed by atoms with Gasteiger partial charge in [-0.25, -0.2) is 4.98 Å². The van der Waals surface area contributed by atoms with Crippen LogP contribution in [0, 0.1) is 0 Å². The number of fused-ring (bicyclic) bond motifs is 1. The highest BCUT2D eigenvalue weighted by atomic mass is 15.1. The van der Waals surface area contributed by atoms with E-state index in [0.717, 1.165) is 24.2 Å². The van der Waals surface area contributed by atoms with Gasteiger partial charge < -0.3 is 10.3 Å². The second kappa shape index (κ2) is 5.11. The summed E-state index contributed by atoms with van der Waals surface area (Å²) in [4.78, 5) is 4.69. The Morgan fingerprint density at radius 3 is 2.61 bits per heavy atom. The van der Waals surface area contributed by atoms with Crippen LogP contribution in [-0.4, -0.2) is 15.6 Å². The van der Waals surface area contributed by atoms with Gasteiger partial charge >= 0.3 is 0 Å². The minimum atomic E-state index is 0.262. The molecule has 1 unspecified atom stereocenters. The fraction of sp³-hybridized carbons (Fsp3) is 0.533. The van der Waals surface area contributed by atoms with Crippen LogP contribution in [0.2, 0.25) is 0 Å². The summed E-state index contributed by atoms with van der Waals surface area (Å²) < 4.78 is 2.20. The Bertz CT molecular complexity index is 538. The molecule has 0 saturated heterocycles. The van der Waals surface area contributed by atoms with Crippen LogP contribution >= 0.6 is 0 Å². The van der Waals surface area contributed by atoms with Gasteiger partial charge in [0.25, 0.3) is 0 Å². The smallest absolute Gasteiger partial charge is 0.112 e. The van der Waals surface area contributed by atoms with Crippen molar-refractivity contribution in [2.45, 2.75) is 45.6 Å². The minimum absolute atomic E-state index is 0.262. The summed E-state index contributed by atoms with van der Waals surface area (Å²) in [6.07, 6.45) is 2.07. The molecule has 2 rings (SSSR count). The van der Waals surface area contributed by atoms with Crippen LogP contribution in [0.25, 0.3) is 11.0 Å². The van der Waals surface area contributed by atoms with Gasteiger partial charge in [-0.15, -0.1) is 0 Å². The number of imidazole rings is 1. The Morgan fingerprint density at radius 2 is 2.00 bits per heavy atom. The summed E-state index contributed by atoms with van der Waals surface area (Å²) in [5, 5.41) is 0. The lowest BCUT2D eigenvalue weighted by Crippen LogP contribution is -2.15. The average molecular weight is 245 g/mol. The number of nitrogens with two attached hydrogens (primary N) is 1. The maximum atomic E-state index is 5.81. The largest absolute Gasteiger partial charge is 0.331 e. The van der Waals surface area contributed by atoms with E-state index in [-0.39, 0.29) is 6.04 Å². The first kappa shape index (κ1) is 13.1. The Hall–Kier alpha value is -1.35. The molecule has 0 spiro atoms. The summed E-state index contributed by atoms with van der Waals surface area (Å²) in [5.41, 5.74) is 9.47. The predicted octanol–water partition coefficient (Wildman–Crippen LogP) is 2.98. The lowest BCUT2D eigenvalue weighted by atomic mass is 10.1. The molecule has 1 heterocycles. The van der Waals surface area contributed by atoms with Crippen LogP contribution in [0.1, 0.15) is 44.5 Å². The number of rotatable bonds is 4. The van der Waals surface area contributed by atoms with E-state index in [1.807, 2.05) is 0 Å². The van der Waals surface area contributed by atoms with E-state index >= 15 is 0 Å². The first-order chi connectivity index (χ1) is 8.49. The van der Waals surface area contributed by atoms with E-state index in [1.54, 1.807) is 0 Å². The van der Waals surface area contributed by atoms with E-state index in [9.17, 15) is 0 Å². The number of benzene rings is 1. The minimum Gasteiger partial charge on any atom is -0.331 e. The van der Waals surface area contributed by atoms with Crippen molar-refractivity contribution in [3.63, 3.8) is 0 Å². The number of hydrogen-bond donors (Lipinski definition) is 1. The van der Waals surface area contributed by atoms with Gasteiger partial charge in [0, 0.05) is 19.0 Å². The lowest BCUT2D eigenvalue weighted by molar-refractivity contribution is 0.666. The summed E-state index contributed by atoms with van der Waals surface area (Å²) in [6.45, 7) is 6.41. The van der Waals surface area contributed by atoms with Crippen LogP contribution < -0.4 is 5.73 Å². The standard InChI is InChI=1S/C15H23N3/c1-10(2)15-17-13-8-7-12(6-5-11(3)16)9-14(13)18(15)4/h7-11H,5-6,16H2,1-4H3. The topological polar surface area (TPSA) is 43.8 Å². The van der Waals surface area contributed by atoms with Gasteiger partial charge in [0.15, 0.2) is 0 Å². The fourth-order valence-electron chi connectivity index (χ4n) is 2.32. The van der Waals surface area contributed by atoms with Gasteiger partial charge in [-0.2, -0.15) is 0 Å². The van der Waals surface area contributed by atoms with Crippen LogP contribution in [0.5, 0.6) is 0 Å². The molecule has 2 N–H and O–H groups in total. The molecule has 1 atom stereocenters. The summed E-state index contributed by atoms with van der Waals surface area (Å²) in [6, 6.07) is 6.80. The van der Waals surface area contributed by atoms with Gasteiger partial charge in [-0.1, -0.05) is 19.9 Å². The zero-order valence-electron chi connectivity index (χ0n) is 11.8. The second-order valence-electron chi connectivity index (χ2n) is 5.52. The van der Waals surface area contributed by atoms with Crippen molar-refractivity contribution >= 4 is 11.0 Å². The Kier molecular flexibility index (Phi) is 3.71.